The third-order valence-corrected chi connectivity index (χ3v) is 2.83. The smallest absolute Gasteiger partial charge is 0.407 e. The molecule has 5 nitrogen and oxygen atoms in total. The van der Waals surface area contributed by atoms with Crippen LogP contribution in [0.4, 0.5) is 10.5 Å². The highest BCUT2D eigenvalue weighted by molar-refractivity contribution is 5.71. The van der Waals surface area contributed by atoms with E-state index in [2.05, 4.69) is 10.6 Å². The second kappa shape index (κ2) is 7.69. The highest BCUT2D eigenvalue weighted by Gasteiger charge is 2.02. The minimum atomic E-state index is -0.464. The molecule has 5 heteroatoms. The maximum atomic E-state index is 11.6. The monoisotopic (exact) mass is 284 g/mol. The Hall–Kier alpha value is -2.82. The van der Waals surface area contributed by atoms with E-state index >= 15 is 0 Å². The molecule has 0 atom stereocenters. The number of hydrogen-bond acceptors (Lipinski definition) is 3. The van der Waals surface area contributed by atoms with Crippen LogP contribution in [-0.4, -0.2) is 12.5 Å². The zero-order chi connectivity index (χ0) is 14.9. The molecule has 0 heterocycles. The molecule has 0 radical (unpaired) electrons. The van der Waals surface area contributed by atoms with E-state index in [1.165, 1.54) is 0 Å². The van der Waals surface area contributed by atoms with E-state index < -0.39 is 6.09 Å². The molecule has 0 saturated carbocycles. The third kappa shape index (κ3) is 4.99. The van der Waals surface area contributed by atoms with Crippen LogP contribution in [0.25, 0.3) is 0 Å². The van der Waals surface area contributed by atoms with Gasteiger partial charge in [0, 0.05) is 12.2 Å². The van der Waals surface area contributed by atoms with Crippen molar-refractivity contribution < 1.29 is 14.3 Å². The molecular weight excluding hydrogens is 268 g/mol. The standard InChI is InChI=1S/C16H16N2O3/c19-12-18-15-8-6-13(7-9-15)10-17-16(20)21-11-14-4-2-1-3-5-14/h1-9,12H,10-11H2,(H,17,20)(H,18,19). The van der Waals surface area contributed by atoms with Crippen LogP contribution in [0.15, 0.2) is 54.6 Å². The predicted octanol–water partition coefficient (Wildman–Crippen LogP) is 2.68. The topological polar surface area (TPSA) is 67.4 Å². The largest absolute Gasteiger partial charge is 0.445 e. The van der Waals surface area contributed by atoms with Gasteiger partial charge in [0.15, 0.2) is 0 Å². The van der Waals surface area contributed by atoms with Gasteiger partial charge in [0.25, 0.3) is 0 Å². The summed E-state index contributed by atoms with van der Waals surface area (Å²) in [5.74, 6) is 0. The van der Waals surface area contributed by atoms with Gasteiger partial charge in [0.05, 0.1) is 0 Å². The van der Waals surface area contributed by atoms with Crippen LogP contribution < -0.4 is 10.6 Å². The summed E-state index contributed by atoms with van der Waals surface area (Å²) in [5.41, 5.74) is 2.57. The van der Waals surface area contributed by atoms with Crippen molar-refractivity contribution in [1.29, 1.82) is 0 Å². The fourth-order valence-electron chi connectivity index (χ4n) is 1.74. The highest BCUT2D eigenvalue weighted by atomic mass is 16.5. The first kappa shape index (κ1) is 14.6. The Morgan fingerprint density at radius 1 is 1.00 bits per heavy atom. The average molecular weight is 284 g/mol. The molecule has 0 fully saturated rings. The Bertz CT molecular complexity index is 582. The van der Waals surface area contributed by atoms with E-state index in [0.717, 1.165) is 11.1 Å². The van der Waals surface area contributed by atoms with Gasteiger partial charge in [-0.05, 0) is 23.3 Å². The van der Waals surface area contributed by atoms with Crippen molar-refractivity contribution >= 4 is 18.2 Å². The number of hydrogen-bond donors (Lipinski definition) is 2. The predicted molar refractivity (Wildman–Crippen MR) is 79.6 cm³/mol. The number of anilines is 1. The lowest BCUT2D eigenvalue weighted by Gasteiger charge is -2.07. The van der Waals surface area contributed by atoms with Crippen LogP contribution in [0.2, 0.25) is 0 Å². The van der Waals surface area contributed by atoms with Gasteiger partial charge >= 0.3 is 6.09 Å². The molecule has 0 aliphatic rings. The molecule has 0 bridgehead atoms. The number of carbonyl (C=O) groups excluding carboxylic acids is 2. The van der Waals surface area contributed by atoms with E-state index in [1.54, 1.807) is 12.1 Å². The van der Waals surface area contributed by atoms with Crippen molar-refractivity contribution in [2.24, 2.45) is 0 Å². The first-order valence-electron chi connectivity index (χ1n) is 6.51. The second-order valence-electron chi connectivity index (χ2n) is 4.37. The molecule has 0 aromatic heterocycles. The minimum absolute atomic E-state index is 0.245. The molecule has 21 heavy (non-hydrogen) atoms. The molecule has 2 aromatic carbocycles. The lowest BCUT2D eigenvalue weighted by molar-refractivity contribution is -0.105. The molecular formula is C16H16N2O3. The fourth-order valence-corrected chi connectivity index (χ4v) is 1.74. The summed E-state index contributed by atoms with van der Waals surface area (Å²) in [6, 6.07) is 16.7. The van der Waals surface area contributed by atoms with Gasteiger partial charge < -0.3 is 15.4 Å². The van der Waals surface area contributed by atoms with E-state index in [9.17, 15) is 9.59 Å². The quantitative estimate of drug-likeness (QED) is 0.801. The Morgan fingerprint density at radius 3 is 2.38 bits per heavy atom. The van der Waals surface area contributed by atoms with Crippen LogP contribution in [0.3, 0.4) is 0 Å². The van der Waals surface area contributed by atoms with Gasteiger partial charge in [0.2, 0.25) is 6.41 Å². The summed E-state index contributed by atoms with van der Waals surface area (Å²) in [6.07, 6.45) is 0.155. The van der Waals surface area contributed by atoms with Crippen LogP contribution in [0, 0.1) is 0 Å². The molecule has 2 amide bonds. The summed E-state index contributed by atoms with van der Waals surface area (Å²) in [7, 11) is 0. The Labute approximate surface area is 122 Å². The Balaban J connectivity index is 1.74. The van der Waals surface area contributed by atoms with Gasteiger partial charge in [-0.25, -0.2) is 4.79 Å². The number of nitrogens with one attached hydrogen (secondary N) is 2. The van der Waals surface area contributed by atoms with E-state index in [1.807, 2.05) is 42.5 Å². The van der Waals surface area contributed by atoms with Crippen LogP contribution >= 0.6 is 0 Å². The Morgan fingerprint density at radius 2 is 1.71 bits per heavy atom. The van der Waals surface area contributed by atoms with Crippen molar-refractivity contribution in [2.45, 2.75) is 13.2 Å². The summed E-state index contributed by atoms with van der Waals surface area (Å²) in [4.78, 5) is 21.8. The summed E-state index contributed by atoms with van der Waals surface area (Å²) in [5, 5.41) is 5.22. The summed E-state index contributed by atoms with van der Waals surface area (Å²) < 4.78 is 5.10. The maximum Gasteiger partial charge on any atom is 0.407 e. The van der Waals surface area contributed by atoms with Crippen molar-refractivity contribution in [3.63, 3.8) is 0 Å². The van der Waals surface area contributed by atoms with Crippen LogP contribution in [0.5, 0.6) is 0 Å². The lowest BCUT2D eigenvalue weighted by atomic mass is 10.2. The normalized spacial score (nSPS) is 9.71. The average Bonchev–Trinajstić information content (AvgIpc) is 2.53. The molecule has 0 aliphatic heterocycles. The second-order valence-corrected chi connectivity index (χ2v) is 4.37. The first-order valence-corrected chi connectivity index (χ1v) is 6.51. The van der Waals surface area contributed by atoms with Gasteiger partial charge in [0.1, 0.15) is 6.61 Å². The first-order chi connectivity index (χ1) is 10.3. The maximum absolute atomic E-state index is 11.6. The molecule has 0 aliphatic carbocycles. The summed E-state index contributed by atoms with van der Waals surface area (Å²) >= 11 is 0. The molecule has 2 aromatic rings. The summed E-state index contributed by atoms with van der Waals surface area (Å²) in [6.45, 7) is 0.615. The fraction of sp³-hybridized carbons (Fsp3) is 0.125. The molecule has 2 rings (SSSR count). The van der Waals surface area contributed by atoms with Crippen molar-refractivity contribution in [3.05, 3.63) is 65.7 Å². The molecule has 0 unspecified atom stereocenters. The third-order valence-electron chi connectivity index (χ3n) is 2.83. The number of amides is 2. The van der Waals surface area contributed by atoms with E-state index in [-0.39, 0.29) is 6.61 Å². The van der Waals surface area contributed by atoms with Crippen LogP contribution in [-0.2, 0) is 22.7 Å². The molecule has 108 valence electrons. The number of rotatable bonds is 6. The zero-order valence-corrected chi connectivity index (χ0v) is 11.4. The Kier molecular flexibility index (Phi) is 5.34. The van der Waals surface area contributed by atoms with E-state index in [4.69, 9.17) is 4.74 Å². The van der Waals surface area contributed by atoms with Gasteiger partial charge in [-0.2, -0.15) is 0 Å². The zero-order valence-electron chi connectivity index (χ0n) is 11.4. The van der Waals surface area contributed by atoms with Crippen molar-refractivity contribution in [2.75, 3.05) is 5.32 Å². The molecule has 0 saturated heterocycles. The number of alkyl carbamates (subject to hydrolysis) is 1. The molecule has 2 N–H and O–H groups in total. The van der Waals surface area contributed by atoms with Crippen LogP contribution in [0.1, 0.15) is 11.1 Å². The highest BCUT2D eigenvalue weighted by Crippen LogP contribution is 2.08. The number of carbonyl (C=O) groups is 2. The SMILES string of the molecule is O=CNc1ccc(CNC(=O)OCc2ccccc2)cc1. The number of benzene rings is 2. The van der Waals surface area contributed by atoms with Crippen molar-refractivity contribution in [3.8, 4) is 0 Å². The van der Waals surface area contributed by atoms with E-state index in [0.29, 0.717) is 18.6 Å². The lowest BCUT2D eigenvalue weighted by Crippen LogP contribution is -2.23. The number of ether oxygens (including phenoxy) is 1. The van der Waals surface area contributed by atoms with Gasteiger partial charge in [-0.15, -0.1) is 0 Å². The van der Waals surface area contributed by atoms with Crippen molar-refractivity contribution in [1.82, 2.24) is 5.32 Å². The van der Waals surface area contributed by atoms with Gasteiger partial charge in [-0.1, -0.05) is 42.5 Å². The van der Waals surface area contributed by atoms with Gasteiger partial charge in [-0.3, -0.25) is 4.79 Å². The molecule has 0 spiro atoms. The minimum Gasteiger partial charge on any atom is -0.445 e.